The molecule has 3 heteroatoms. The third-order valence-corrected chi connectivity index (χ3v) is 2.42. The summed E-state index contributed by atoms with van der Waals surface area (Å²) in [7, 11) is 1.92. The number of hydrogen-bond acceptors (Lipinski definition) is 2. The van der Waals surface area contributed by atoms with Crippen molar-refractivity contribution in [3.63, 3.8) is 0 Å². The number of benzene rings is 1. The zero-order valence-corrected chi connectivity index (χ0v) is 8.32. The largest absolute Gasteiger partial charge is 0.298 e. The van der Waals surface area contributed by atoms with E-state index in [1.165, 1.54) is 0 Å². The number of nitrogens with zero attached hydrogens (tertiary/aromatic N) is 2. The molecule has 1 aromatic carbocycles. The zero-order chi connectivity index (χ0) is 10.1. The van der Waals surface area contributed by atoms with Gasteiger partial charge < -0.3 is 0 Å². The van der Waals surface area contributed by atoms with E-state index in [-0.39, 0.29) is 0 Å². The van der Waals surface area contributed by atoms with Crippen LogP contribution in [-0.4, -0.2) is 16.1 Å². The van der Waals surface area contributed by atoms with E-state index in [0.29, 0.717) is 5.56 Å². The molecule has 0 aliphatic carbocycles. The molecule has 14 heavy (non-hydrogen) atoms. The van der Waals surface area contributed by atoms with E-state index in [4.69, 9.17) is 0 Å². The average molecular weight is 188 g/mol. The van der Waals surface area contributed by atoms with Crippen LogP contribution in [0.4, 0.5) is 0 Å². The Bertz CT molecular complexity index is 485. The summed E-state index contributed by atoms with van der Waals surface area (Å²) < 4.78 is 1.85. The molecule has 0 spiro atoms. The lowest BCUT2D eigenvalue weighted by Gasteiger charge is -1.94. The van der Waals surface area contributed by atoms with E-state index in [9.17, 15) is 4.79 Å². The number of hydrogen-bond donors (Lipinski definition) is 0. The summed E-state index contributed by atoms with van der Waals surface area (Å²) in [5, 5.41) is 5.47. The van der Waals surface area contributed by atoms with Crippen LogP contribution in [0.2, 0.25) is 0 Å². The molecule has 0 radical (unpaired) electrons. The Labute approximate surface area is 82.3 Å². The fourth-order valence-electron chi connectivity index (χ4n) is 1.69. The lowest BCUT2D eigenvalue weighted by atomic mass is 10.1. The van der Waals surface area contributed by atoms with Crippen molar-refractivity contribution in [2.24, 2.45) is 7.05 Å². The Morgan fingerprint density at radius 2 is 2.29 bits per heavy atom. The van der Waals surface area contributed by atoms with Gasteiger partial charge in [-0.05, 0) is 24.6 Å². The van der Waals surface area contributed by atoms with E-state index >= 15 is 0 Å². The highest BCUT2D eigenvalue weighted by Gasteiger charge is 2.06. The van der Waals surface area contributed by atoms with Crippen molar-refractivity contribution in [3.8, 4) is 0 Å². The summed E-state index contributed by atoms with van der Waals surface area (Å²) >= 11 is 0. The van der Waals surface area contributed by atoms with Gasteiger partial charge in [0.2, 0.25) is 0 Å². The normalized spacial score (nSPS) is 10.7. The van der Waals surface area contributed by atoms with Gasteiger partial charge in [-0.15, -0.1) is 0 Å². The molecule has 0 amide bonds. The van der Waals surface area contributed by atoms with Crippen LogP contribution >= 0.6 is 0 Å². The first-order valence-corrected chi connectivity index (χ1v) is 4.67. The van der Waals surface area contributed by atoms with Crippen molar-refractivity contribution in [1.29, 1.82) is 0 Å². The number of carbonyl (C=O) groups is 1. The van der Waals surface area contributed by atoms with Crippen molar-refractivity contribution in [3.05, 3.63) is 29.5 Å². The van der Waals surface area contributed by atoms with Crippen molar-refractivity contribution >= 4 is 17.2 Å². The third kappa shape index (κ3) is 1.21. The molecule has 72 valence electrons. The van der Waals surface area contributed by atoms with Gasteiger partial charge in [-0.25, -0.2) is 0 Å². The number of aromatic nitrogens is 2. The second-order valence-corrected chi connectivity index (χ2v) is 3.32. The summed E-state index contributed by atoms with van der Waals surface area (Å²) in [6, 6.07) is 5.65. The van der Waals surface area contributed by atoms with Crippen molar-refractivity contribution in [2.75, 3.05) is 0 Å². The fourth-order valence-corrected chi connectivity index (χ4v) is 1.69. The number of rotatable bonds is 2. The number of aryl methyl sites for hydroxylation is 2. The molecule has 2 aromatic rings. The van der Waals surface area contributed by atoms with Gasteiger partial charge in [0.25, 0.3) is 0 Å². The summed E-state index contributed by atoms with van der Waals surface area (Å²) in [5.74, 6) is 0. The third-order valence-electron chi connectivity index (χ3n) is 2.42. The van der Waals surface area contributed by atoms with Gasteiger partial charge in [-0.2, -0.15) is 5.10 Å². The van der Waals surface area contributed by atoms with Gasteiger partial charge in [0.1, 0.15) is 6.29 Å². The molecule has 0 saturated carbocycles. The van der Waals surface area contributed by atoms with Crippen molar-refractivity contribution in [1.82, 2.24) is 9.78 Å². The van der Waals surface area contributed by atoms with E-state index < -0.39 is 0 Å². The van der Waals surface area contributed by atoms with Crippen LogP contribution < -0.4 is 0 Å². The van der Waals surface area contributed by atoms with E-state index in [2.05, 4.69) is 12.0 Å². The highest BCUT2D eigenvalue weighted by atomic mass is 16.1. The standard InChI is InChI=1S/C11H12N2O/c1-3-10-9-6-8(7-14)4-5-11(9)13(2)12-10/h4-7H,3H2,1-2H3. The average Bonchev–Trinajstić information content (AvgIpc) is 2.55. The molecule has 0 fully saturated rings. The molecule has 0 aliphatic heterocycles. The van der Waals surface area contributed by atoms with Gasteiger partial charge >= 0.3 is 0 Å². The first-order valence-electron chi connectivity index (χ1n) is 4.67. The van der Waals surface area contributed by atoms with Crippen LogP contribution in [-0.2, 0) is 13.5 Å². The first-order chi connectivity index (χ1) is 6.76. The zero-order valence-electron chi connectivity index (χ0n) is 8.32. The Hall–Kier alpha value is -1.64. The maximum absolute atomic E-state index is 10.6. The minimum atomic E-state index is 0.709. The van der Waals surface area contributed by atoms with Crippen LogP contribution in [0.15, 0.2) is 18.2 Å². The number of carbonyl (C=O) groups excluding carboxylic acids is 1. The lowest BCUT2D eigenvalue weighted by molar-refractivity contribution is 0.112. The predicted molar refractivity (Wildman–Crippen MR) is 55.5 cm³/mol. The van der Waals surface area contributed by atoms with E-state index in [1.54, 1.807) is 0 Å². The maximum atomic E-state index is 10.6. The maximum Gasteiger partial charge on any atom is 0.150 e. The van der Waals surface area contributed by atoms with Crippen LogP contribution in [0.1, 0.15) is 23.0 Å². The summed E-state index contributed by atoms with van der Waals surface area (Å²) in [5.41, 5.74) is 2.83. The fraction of sp³-hybridized carbons (Fsp3) is 0.273. The van der Waals surface area contributed by atoms with Gasteiger partial charge in [-0.3, -0.25) is 9.48 Å². The Kier molecular flexibility index (Phi) is 2.08. The summed E-state index contributed by atoms with van der Waals surface area (Å²) in [6.07, 6.45) is 1.76. The van der Waals surface area contributed by atoms with Gasteiger partial charge in [0, 0.05) is 18.0 Å². The SMILES string of the molecule is CCc1nn(C)c2ccc(C=O)cc12. The lowest BCUT2D eigenvalue weighted by Crippen LogP contribution is -1.90. The Morgan fingerprint density at radius 1 is 1.50 bits per heavy atom. The van der Waals surface area contributed by atoms with Crippen LogP contribution in [0.25, 0.3) is 10.9 Å². The topological polar surface area (TPSA) is 34.9 Å². The molecule has 0 saturated heterocycles. The van der Waals surface area contributed by atoms with Gasteiger partial charge in [0.15, 0.2) is 0 Å². The highest BCUT2D eigenvalue weighted by Crippen LogP contribution is 2.19. The molecular weight excluding hydrogens is 176 g/mol. The molecule has 0 unspecified atom stereocenters. The molecule has 2 rings (SSSR count). The van der Waals surface area contributed by atoms with Gasteiger partial charge in [-0.1, -0.05) is 6.92 Å². The first kappa shape index (κ1) is 8.94. The minimum Gasteiger partial charge on any atom is -0.298 e. The summed E-state index contributed by atoms with van der Waals surface area (Å²) in [4.78, 5) is 10.6. The quantitative estimate of drug-likeness (QED) is 0.675. The monoisotopic (exact) mass is 188 g/mol. The van der Waals surface area contributed by atoms with Crippen LogP contribution in [0.5, 0.6) is 0 Å². The highest BCUT2D eigenvalue weighted by molar-refractivity contribution is 5.88. The van der Waals surface area contributed by atoms with Crippen LogP contribution in [0, 0.1) is 0 Å². The van der Waals surface area contributed by atoms with Crippen LogP contribution in [0.3, 0.4) is 0 Å². The summed E-state index contributed by atoms with van der Waals surface area (Å²) in [6.45, 7) is 2.06. The molecule has 1 aromatic heterocycles. The van der Waals surface area contributed by atoms with E-state index in [0.717, 1.165) is 29.3 Å². The minimum absolute atomic E-state index is 0.709. The smallest absolute Gasteiger partial charge is 0.150 e. The van der Waals surface area contributed by atoms with Crippen molar-refractivity contribution < 1.29 is 4.79 Å². The molecule has 1 heterocycles. The van der Waals surface area contributed by atoms with E-state index in [1.807, 2.05) is 29.9 Å². The Balaban J connectivity index is 2.77. The van der Waals surface area contributed by atoms with Gasteiger partial charge in [0.05, 0.1) is 11.2 Å². The molecule has 0 atom stereocenters. The Morgan fingerprint density at radius 3 is 2.93 bits per heavy atom. The molecule has 0 N–H and O–H groups in total. The second kappa shape index (κ2) is 3.25. The molecule has 3 nitrogen and oxygen atoms in total. The predicted octanol–water partition coefficient (Wildman–Crippen LogP) is 1.95. The molecule has 0 aliphatic rings. The molecule has 0 bridgehead atoms. The number of aldehydes is 1. The number of fused-ring (bicyclic) bond motifs is 1. The van der Waals surface area contributed by atoms with Crippen molar-refractivity contribution in [2.45, 2.75) is 13.3 Å². The second-order valence-electron chi connectivity index (χ2n) is 3.32. The molecular formula is C11H12N2O.